The van der Waals surface area contributed by atoms with Crippen LogP contribution in [0.2, 0.25) is 0 Å². The molecule has 21 heavy (non-hydrogen) atoms. The maximum atomic E-state index is 12.1. The van der Waals surface area contributed by atoms with Gasteiger partial charge >= 0.3 is 12.0 Å². The Morgan fingerprint density at radius 2 is 2.38 bits per heavy atom. The molecular formula is C13H21N5O3. The van der Waals surface area contributed by atoms with Crippen molar-refractivity contribution in [2.24, 2.45) is 5.92 Å². The summed E-state index contributed by atoms with van der Waals surface area (Å²) < 4.78 is 0. The highest BCUT2D eigenvalue weighted by Crippen LogP contribution is 2.22. The van der Waals surface area contributed by atoms with Gasteiger partial charge < -0.3 is 15.3 Å². The molecule has 2 rings (SSSR count). The lowest BCUT2D eigenvalue weighted by Crippen LogP contribution is -2.50. The molecular weight excluding hydrogens is 274 g/mol. The van der Waals surface area contributed by atoms with E-state index in [1.807, 2.05) is 6.92 Å². The predicted octanol–water partition coefficient (Wildman–Crippen LogP) is 0.632. The van der Waals surface area contributed by atoms with Crippen molar-refractivity contribution in [1.29, 1.82) is 0 Å². The van der Waals surface area contributed by atoms with Crippen LogP contribution in [0, 0.1) is 5.92 Å². The molecule has 2 heterocycles. The Bertz CT molecular complexity index is 476. The fourth-order valence-electron chi connectivity index (χ4n) is 2.60. The number of carbonyl (C=O) groups excluding carboxylic acids is 1. The fraction of sp³-hybridized carbons (Fsp3) is 0.692. The van der Waals surface area contributed by atoms with E-state index in [0.29, 0.717) is 25.9 Å². The number of likely N-dealkylation sites (tertiary alicyclic amines) is 1. The van der Waals surface area contributed by atoms with E-state index >= 15 is 0 Å². The number of amides is 2. The van der Waals surface area contributed by atoms with E-state index in [9.17, 15) is 9.59 Å². The zero-order valence-electron chi connectivity index (χ0n) is 12.1. The minimum absolute atomic E-state index is 0.0471. The van der Waals surface area contributed by atoms with Crippen molar-refractivity contribution in [3.63, 3.8) is 0 Å². The second kappa shape index (κ2) is 7.05. The number of nitrogens with one attached hydrogen (secondary N) is 2. The van der Waals surface area contributed by atoms with E-state index in [0.717, 1.165) is 18.7 Å². The van der Waals surface area contributed by atoms with Gasteiger partial charge in [-0.3, -0.25) is 9.89 Å². The molecule has 3 N–H and O–H groups in total. The summed E-state index contributed by atoms with van der Waals surface area (Å²) in [7, 11) is 0. The number of carboxylic acids is 1. The number of rotatable bonds is 5. The van der Waals surface area contributed by atoms with Gasteiger partial charge in [-0.15, -0.1) is 0 Å². The molecule has 1 aromatic rings. The summed E-state index contributed by atoms with van der Waals surface area (Å²) in [6, 6.07) is -0.168. The van der Waals surface area contributed by atoms with Gasteiger partial charge in [-0.25, -0.2) is 9.78 Å². The maximum absolute atomic E-state index is 12.1. The molecule has 8 nitrogen and oxygen atoms in total. The smallest absolute Gasteiger partial charge is 0.317 e. The third-order valence-electron chi connectivity index (χ3n) is 3.82. The van der Waals surface area contributed by atoms with E-state index in [2.05, 4.69) is 20.5 Å². The van der Waals surface area contributed by atoms with Gasteiger partial charge in [0.1, 0.15) is 12.2 Å². The Morgan fingerprint density at radius 3 is 3.00 bits per heavy atom. The lowest BCUT2D eigenvalue weighted by Gasteiger charge is -2.36. The summed E-state index contributed by atoms with van der Waals surface area (Å²) in [4.78, 5) is 28.8. The van der Waals surface area contributed by atoms with E-state index in [-0.39, 0.29) is 18.0 Å². The molecule has 0 radical (unpaired) electrons. The highest BCUT2D eigenvalue weighted by molar-refractivity contribution is 5.75. The van der Waals surface area contributed by atoms with Crippen LogP contribution in [-0.2, 0) is 11.2 Å². The third kappa shape index (κ3) is 4.17. The van der Waals surface area contributed by atoms with Gasteiger partial charge in [0.25, 0.3) is 0 Å². The minimum Gasteiger partial charge on any atom is -0.481 e. The monoisotopic (exact) mass is 295 g/mol. The predicted molar refractivity (Wildman–Crippen MR) is 74.6 cm³/mol. The Hall–Kier alpha value is -2.12. The first-order valence-electron chi connectivity index (χ1n) is 7.19. The molecule has 2 atom stereocenters. The van der Waals surface area contributed by atoms with E-state index in [1.54, 1.807) is 4.90 Å². The Balaban J connectivity index is 1.69. The molecule has 1 aromatic heterocycles. The van der Waals surface area contributed by atoms with Crippen LogP contribution in [0.5, 0.6) is 0 Å². The second-order valence-corrected chi connectivity index (χ2v) is 5.37. The van der Waals surface area contributed by atoms with Gasteiger partial charge in [-0.1, -0.05) is 0 Å². The normalized spacial score (nSPS) is 22.0. The van der Waals surface area contributed by atoms with Crippen molar-refractivity contribution >= 4 is 12.0 Å². The van der Waals surface area contributed by atoms with Crippen LogP contribution < -0.4 is 5.32 Å². The first-order valence-corrected chi connectivity index (χ1v) is 7.19. The summed E-state index contributed by atoms with van der Waals surface area (Å²) in [5.41, 5.74) is 0. The largest absolute Gasteiger partial charge is 0.481 e. The number of hydrogen-bond acceptors (Lipinski definition) is 4. The number of aromatic amines is 1. The van der Waals surface area contributed by atoms with Crippen LogP contribution >= 0.6 is 0 Å². The quantitative estimate of drug-likeness (QED) is 0.690. The molecule has 2 unspecified atom stereocenters. The molecule has 1 fully saturated rings. The van der Waals surface area contributed by atoms with Crippen molar-refractivity contribution in [3.8, 4) is 0 Å². The van der Waals surface area contributed by atoms with Gasteiger partial charge in [-0.2, -0.15) is 5.10 Å². The van der Waals surface area contributed by atoms with Gasteiger partial charge in [0.05, 0.1) is 5.92 Å². The van der Waals surface area contributed by atoms with E-state index < -0.39 is 5.97 Å². The number of aliphatic carboxylic acids is 1. The van der Waals surface area contributed by atoms with Crippen molar-refractivity contribution in [3.05, 3.63) is 12.2 Å². The fourth-order valence-corrected chi connectivity index (χ4v) is 2.60. The van der Waals surface area contributed by atoms with Crippen molar-refractivity contribution in [2.45, 2.75) is 38.6 Å². The second-order valence-electron chi connectivity index (χ2n) is 5.37. The number of nitrogens with zero attached hydrogens (tertiary/aromatic N) is 3. The minimum atomic E-state index is -0.769. The highest BCUT2D eigenvalue weighted by Gasteiger charge is 2.31. The van der Waals surface area contributed by atoms with Gasteiger partial charge in [0.2, 0.25) is 0 Å². The maximum Gasteiger partial charge on any atom is 0.317 e. The zero-order valence-corrected chi connectivity index (χ0v) is 12.1. The molecule has 116 valence electrons. The van der Waals surface area contributed by atoms with Crippen LogP contribution in [0.15, 0.2) is 6.33 Å². The summed E-state index contributed by atoms with van der Waals surface area (Å²) >= 11 is 0. The molecule has 0 bridgehead atoms. The van der Waals surface area contributed by atoms with Crippen molar-refractivity contribution < 1.29 is 14.7 Å². The average Bonchev–Trinajstić information content (AvgIpc) is 2.96. The van der Waals surface area contributed by atoms with Crippen LogP contribution in [0.3, 0.4) is 0 Å². The van der Waals surface area contributed by atoms with Crippen LogP contribution in [-0.4, -0.2) is 56.3 Å². The Kier molecular flexibility index (Phi) is 5.13. The van der Waals surface area contributed by atoms with E-state index in [4.69, 9.17) is 5.11 Å². The molecule has 0 aromatic carbocycles. The lowest BCUT2D eigenvalue weighted by atomic mass is 9.92. The summed E-state index contributed by atoms with van der Waals surface area (Å²) in [6.45, 7) is 2.94. The molecule has 0 saturated carbocycles. The van der Waals surface area contributed by atoms with E-state index in [1.165, 1.54) is 6.33 Å². The zero-order chi connectivity index (χ0) is 15.2. The number of hydrogen-bond donors (Lipinski definition) is 3. The topological polar surface area (TPSA) is 111 Å². The van der Waals surface area contributed by atoms with Crippen molar-refractivity contribution in [1.82, 2.24) is 25.4 Å². The third-order valence-corrected chi connectivity index (χ3v) is 3.82. The van der Waals surface area contributed by atoms with Crippen molar-refractivity contribution in [2.75, 3.05) is 13.1 Å². The number of carboxylic acid groups (broad SMARTS) is 1. The summed E-state index contributed by atoms with van der Waals surface area (Å²) in [6.07, 6.45) is 4.01. The number of urea groups is 1. The number of aromatic nitrogens is 3. The molecule has 1 aliphatic rings. The number of piperidine rings is 1. The van der Waals surface area contributed by atoms with Crippen LogP contribution in [0.1, 0.15) is 32.0 Å². The van der Waals surface area contributed by atoms with Gasteiger partial charge in [0, 0.05) is 25.6 Å². The number of H-pyrrole nitrogens is 1. The molecule has 0 spiro atoms. The SMILES string of the molecule is CC1CC(C(=O)O)CCN1C(=O)NCCCc1ncn[nH]1. The Morgan fingerprint density at radius 1 is 1.57 bits per heavy atom. The molecule has 1 aliphatic heterocycles. The average molecular weight is 295 g/mol. The summed E-state index contributed by atoms with van der Waals surface area (Å²) in [5.74, 6) is -0.302. The first kappa shape index (κ1) is 15.3. The standard InChI is InChI=1S/C13H21N5O3/c1-9-7-10(12(19)20)4-6-18(9)13(21)14-5-2-3-11-15-8-16-17-11/h8-10H,2-7H2,1H3,(H,14,21)(H,19,20)(H,15,16,17). The highest BCUT2D eigenvalue weighted by atomic mass is 16.4. The van der Waals surface area contributed by atoms with Crippen LogP contribution in [0.25, 0.3) is 0 Å². The molecule has 0 aliphatic carbocycles. The number of aryl methyl sites for hydroxylation is 1. The first-order chi connectivity index (χ1) is 10.1. The molecule has 2 amide bonds. The molecule has 8 heteroatoms. The van der Waals surface area contributed by atoms with Gasteiger partial charge in [0.15, 0.2) is 0 Å². The van der Waals surface area contributed by atoms with Crippen LogP contribution in [0.4, 0.5) is 4.79 Å². The summed E-state index contributed by atoms with van der Waals surface area (Å²) in [5, 5.41) is 18.4. The molecule has 1 saturated heterocycles. The Labute approximate surface area is 122 Å². The lowest BCUT2D eigenvalue weighted by molar-refractivity contribution is -0.143. The number of carbonyl (C=O) groups is 2. The van der Waals surface area contributed by atoms with Gasteiger partial charge in [-0.05, 0) is 26.2 Å².